The monoisotopic (exact) mass is 299 g/mol. The van der Waals surface area contributed by atoms with Gasteiger partial charge >= 0.3 is 0 Å². The summed E-state index contributed by atoms with van der Waals surface area (Å²) in [5, 5.41) is 13.2. The predicted octanol–water partition coefficient (Wildman–Crippen LogP) is 3.29. The van der Waals surface area contributed by atoms with Gasteiger partial charge in [0.15, 0.2) is 0 Å². The summed E-state index contributed by atoms with van der Waals surface area (Å²) in [5.74, 6) is -0.860. The van der Waals surface area contributed by atoms with Gasteiger partial charge in [-0.05, 0) is 31.0 Å². The van der Waals surface area contributed by atoms with Crippen LogP contribution in [0.4, 0.5) is 4.39 Å². The average Bonchev–Trinajstić information content (AvgIpc) is 2.61. The Kier molecular flexibility index (Phi) is 5.00. The van der Waals surface area contributed by atoms with Crippen LogP contribution in [-0.4, -0.2) is 23.2 Å². The molecule has 1 aliphatic carbocycles. The molecule has 0 saturated heterocycles. The highest BCUT2D eigenvalue weighted by Gasteiger charge is 2.28. The first-order valence-corrected chi connectivity index (χ1v) is 7.34. The molecule has 0 aromatic heterocycles. The summed E-state index contributed by atoms with van der Waals surface area (Å²) in [4.78, 5) is 12.0. The van der Waals surface area contributed by atoms with Gasteiger partial charge in [0.1, 0.15) is 5.82 Å². The van der Waals surface area contributed by atoms with E-state index in [4.69, 9.17) is 11.6 Å². The number of benzene rings is 1. The Bertz CT molecular complexity index is 485. The van der Waals surface area contributed by atoms with Crippen molar-refractivity contribution in [1.29, 1.82) is 0 Å². The molecule has 0 aliphatic heterocycles. The molecule has 1 aromatic carbocycles. The van der Waals surface area contributed by atoms with Crippen LogP contribution in [0.15, 0.2) is 18.2 Å². The Morgan fingerprint density at radius 1 is 1.30 bits per heavy atom. The lowest BCUT2D eigenvalue weighted by Crippen LogP contribution is -2.42. The van der Waals surface area contributed by atoms with Crippen LogP contribution in [0.3, 0.4) is 0 Å². The lowest BCUT2D eigenvalue weighted by molar-refractivity contribution is 0.0246. The SMILES string of the molecule is O=C(NCC1(O)CCCCCC1)c1ccc(F)cc1Cl. The number of halogens is 2. The lowest BCUT2D eigenvalue weighted by atomic mass is 9.94. The molecule has 0 unspecified atom stereocenters. The number of carbonyl (C=O) groups is 1. The molecule has 110 valence electrons. The smallest absolute Gasteiger partial charge is 0.252 e. The Labute approximate surface area is 123 Å². The summed E-state index contributed by atoms with van der Waals surface area (Å²) in [6.07, 6.45) is 5.60. The third-order valence-electron chi connectivity index (χ3n) is 3.79. The van der Waals surface area contributed by atoms with Crippen molar-refractivity contribution in [3.8, 4) is 0 Å². The number of hydrogen-bond acceptors (Lipinski definition) is 2. The third-order valence-corrected chi connectivity index (χ3v) is 4.10. The molecule has 2 N–H and O–H groups in total. The Hall–Kier alpha value is -1.13. The van der Waals surface area contributed by atoms with Crippen molar-refractivity contribution in [2.75, 3.05) is 6.54 Å². The molecule has 20 heavy (non-hydrogen) atoms. The largest absolute Gasteiger partial charge is 0.388 e. The minimum Gasteiger partial charge on any atom is -0.388 e. The molecule has 3 nitrogen and oxygen atoms in total. The Morgan fingerprint density at radius 3 is 2.55 bits per heavy atom. The van der Waals surface area contributed by atoms with Crippen LogP contribution in [0.5, 0.6) is 0 Å². The fourth-order valence-corrected chi connectivity index (χ4v) is 2.83. The number of aliphatic hydroxyl groups is 1. The van der Waals surface area contributed by atoms with E-state index in [0.717, 1.165) is 31.7 Å². The number of rotatable bonds is 3. The zero-order chi connectivity index (χ0) is 14.6. The maximum absolute atomic E-state index is 12.9. The van der Waals surface area contributed by atoms with Gasteiger partial charge in [0.25, 0.3) is 5.91 Å². The molecule has 0 heterocycles. The van der Waals surface area contributed by atoms with Crippen molar-refractivity contribution >= 4 is 17.5 Å². The van der Waals surface area contributed by atoms with E-state index in [-0.39, 0.29) is 23.0 Å². The molecular formula is C15H19ClFNO2. The highest BCUT2D eigenvalue weighted by atomic mass is 35.5. The molecule has 0 atom stereocenters. The molecule has 1 fully saturated rings. The van der Waals surface area contributed by atoms with Crippen LogP contribution in [0.1, 0.15) is 48.9 Å². The lowest BCUT2D eigenvalue weighted by Gasteiger charge is -2.26. The number of amides is 1. The summed E-state index contributed by atoms with van der Waals surface area (Å²) < 4.78 is 12.9. The molecule has 5 heteroatoms. The first kappa shape index (κ1) is 15.3. The quantitative estimate of drug-likeness (QED) is 0.841. The number of hydrogen-bond donors (Lipinski definition) is 2. The minimum atomic E-state index is -0.835. The first-order chi connectivity index (χ1) is 9.50. The van der Waals surface area contributed by atoms with Gasteiger partial charge in [-0.25, -0.2) is 4.39 Å². The standard InChI is InChI=1S/C15H19ClFNO2/c16-13-9-11(17)5-6-12(13)14(19)18-10-15(20)7-3-1-2-4-8-15/h5-6,9,20H,1-4,7-8,10H2,(H,18,19). The van der Waals surface area contributed by atoms with Crippen LogP contribution >= 0.6 is 11.6 Å². The summed E-state index contributed by atoms with van der Waals surface area (Å²) in [6, 6.07) is 3.65. The van der Waals surface area contributed by atoms with E-state index in [1.807, 2.05) is 0 Å². The maximum atomic E-state index is 12.9. The van der Waals surface area contributed by atoms with Crippen molar-refractivity contribution in [3.63, 3.8) is 0 Å². The van der Waals surface area contributed by atoms with Crippen molar-refractivity contribution in [2.45, 2.75) is 44.1 Å². The van der Waals surface area contributed by atoms with E-state index in [2.05, 4.69) is 5.32 Å². The van der Waals surface area contributed by atoms with Crippen LogP contribution in [0.25, 0.3) is 0 Å². The van der Waals surface area contributed by atoms with Gasteiger partial charge in [0, 0.05) is 6.54 Å². The van der Waals surface area contributed by atoms with Gasteiger partial charge < -0.3 is 10.4 Å². The summed E-state index contributed by atoms with van der Waals surface area (Å²) >= 11 is 5.84. The van der Waals surface area contributed by atoms with Crippen molar-refractivity contribution in [1.82, 2.24) is 5.32 Å². The van der Waals surface area contributed by atoms with E-state index in [1.165, 1.54) is 12.1 Å². The van der Waals surface area contributed by atoms with Gasteiger partial charge in [0.05, 0.1) is 16.2 Å². The molecule has 1 saturated carbocycles. The zero-order valence-electron chi connectivity index (χ0n) is 11.3. The molecule has 0 radical (unpaired) electrons. The van der Waals surface area contributed by atoms with E-state index in [0.29, 0.717) is 12.8 Å². The van der Waals surface area contributed by atoms with Crippen molar-refractivity contribution < 1.29 is 14.3 Å². The molecule has 0 spiro atoms. The molecule has 1 amide bonds. The minimum absolute atomic E-state index is 0.0790. The molecule has 1 aliphatic rings. The van der Waals surface area contributed by atoms with Gasteiger partial charge in [-0.2, -0.15) is 0 Å². The van der Waals surface area contributed by atoms with Crippen LogP contribution < -0.4 is 5.32 Å². The highest BCUT2D eigenvalue weighted by molar-refractivity contribution is 6.33. The third kappa shape index (κ3) is 3.93. The number of nitrogens with one attached hydrogen (secondary N) is 1. The van der Waals surface area contributed by atoms with Crippen LogP contribution in [0.2, 0.25) is 5.02 Å². The molecule has 1 aromatic rings. The molecular weight excluding hydrogens is 281 g/mol. The van der Waals surface area contributed by atoms with Crippen molar-refractivity contribution in [3.05, 3.63) is 34.6 Å². The summed E-state index contributed by atoms with van der Waals surface area (Å²) in [7, 11) is 0. The van der Waals surface area contributed by atoms with Crippen LogP contribution in [-0.2, 0) is 0 Å². The fraction of sp³-hybridized carbons (Fsp3) is 0.533. The van der Waals surface area contributed by atoms with Crippen molar-refractivity contribution in [2.24, 2.45) is 0 Å². The molecule has 2 rings (SSSR count). The molecule has 0 bridgehead atoms. The Balaban J connectivity index is 1.97. The average molecular weight is 300 g/mol. The second-order valence-electron chi connectivity index (χ2n) is 5.45. The van der Waals surface area contributed by atoms with E-state index in [1.54, 1.807) is 0 Å². The second-order valence-corrected chi connectivity index (χ2v) is 5.85. The van der Waals surface area contributed by atoms with Gasteiger partial charge in [-0.3, -0.25) is 4.79 Å². The van der Waals surface area contributed by atoms with Gasteiger partial charge in [-0.15, -0.1) is 0 Å². The topological polar surface area (TPSA) is 49.3 Å². The van der Waals surface area contributed by atoms with Crippen LogP contribution in [0, 0.1) is 5.82 Å². The summed E-state index contributed by atoms with van der Waals surface area (Å²) in [5.41, 5.74) is -0.608. The first-order valence-electron chi connectivity index (χ1n) is 6.96. The summed E-state index contributed by atoms with van der Waals surface area (Å²) in [6.45, 7) is 0.208. The normalized spacial score (nSPS) is 18.4. The van der Waals surface area contributed by atoms with Gasteiger partial charge in [-0.1, -0.05) is 37.3 Å². The Morgan fingerprint density at radius 2 is 1.95 bits per heavy atom. The highest BCUT2D eigenvalue weighted by Crippen LogP contribution is 2.26. The fourth-order valence-electron chi connectivity index (χ4n) is 2.58. The maximum Gasteiger partial charge on any atom is 0.252 e. The van der Waals surface area contributed by atoms with Gasteiger partial charge in [0.2, 0.25) is 0 Å². The zero-order valence-corrected chi connectivity index (χ0v) is 12.0. The second kappa shape index (κ2) is 6.55. The van der Waals surface area contributed by atoms with E-state index < -0.39 is 11.4 Å². The predicted molar refractivity (Wildman–Crippen MR) is 76.4 cm³/mol. The number of carbonyl (C=O) groups excluding carboxylic acids is 1. The van der Waals surface area contributed by atoms with E-state index >= 15 is 0 Å². The van der Waals surface area contributed by atoms with E-state index in [9.17, 15) is 14.3 Å².